The molecular formula is C18H22NO5S-. The fraction of sp³-hybridized carbons (Fsp3) is 0.611. The molecule has 2 atom stereocenters. The van der Waals surface area contributed by atoms with E-state index in [1.54, 1.807) is 6.92 Å². The highest BCUT2D eigenvalue weighted by atomic mass is 32.1. The summed E-state index contributed by atoms with van der Waals surface area (Å²) in [6.45, 7) is 2.02. The molecule has 25 heavy (non-hydrogen) atoms. The Morgan fingerprint density at radius 3 is 2.56 bits per heavy atom. The lowest BCUT2D eigenvalue weighted by Crippen LogP contribution is -2.42. The highest BCUT2D eigenvalue weighted by molar-refractivity contribution is 7.17. The second-order valence-corrected chi connectivity index (χ2v) is 7.69. The second kappa shape index (κ2) is 7.56. The molecule has 1 heterocycles. The van der Waals surface area contributed by atoms with E-state index in [0.717, 1.165) is 42.5 Å². The molecule has 1 N–H and O–H groups in total. The number of amides is 1. The van der Waals surface area contributed by atoms with E-state index < -0.39 is 23.8 Å². The van der Waals surface area contributed by atoms with Crippen LogP contribution < -0.4 is 10.4 Å². The predicted molar refractivity (Wildman–Crippen MR) is 91.4 cm³/mol. The van der Waals surface area contributed by atoms with Crippen LogP contribution in [0.4, 0.5) is 5.00 Å². The maximum atomic E-state index is 12.7. The summed E-state index contributed by atoms with van der Waals surface area (Å²) in [6, 6.07) is 0. The summed E-state index contributed by atoms with van der Waals surface area (Å²) in [4.78, 5) is 37.5. The molecule has 1 fully saturated rings. The molecule has 0 aliphatic heterocycles. The van der Waals surface area contributed by atoms with Crippen LogP contribution in [0.2, 0.25) is 0 Å². The van der Waals surface area contributed by atoms with Crippen molar-refractivity contribution < 1.29 is 24.2 Å². The monoisotopic (exact) mass is 364 g/mol. The van der Waals surface area contributed by atoms with Crippen LogP contribution in [0.5, 0.6) is 0 Å². The number of hydrogen-bond donors (Lipinski definition) is 1. The topological polar surface area (TPSA) is 95.5 Å². The minimum Gasteiger partial charge on any atom is -0.550 e. The molecule has 0 bridgehead atoms. The molecule has 1 amide bonds. The first kappa shape index (κ1) is 17.9. The molecule has 1 aromatic heterocycles. The summed E-state index contributed by atoms with van der Waals surface area (Å²) in [5.74, 6) is -3.28. The lowest BCUT2D eigenvalue weighted by Gasteiger charge is -2.31. The van der Waals surface area contributed by atoms with Gasteiger partial charge in [0.1, 0.15) is 5.00 Å². The van der Waals surface area contributed by atoms with E-state index in [0.29, 0.717) is 23.4 Å². The molecule has 1 aromatic rings. The molecule has 3 rings (SSSR count). The summed E-state index contributed by atoms with van der Waals surface area (Å²) >= 11 is 1.41. The number of fused-ring (bicyclic) bond motifs is 1. The molecule has 2 aliphatic carbocycles. The molecule has 0 saturated heterocycles. The van der Waals surface area contributed by atoms with Gasteiger partial charge in [-0.2, -0.15) is 0 Å². The summed E-state index contributed by atoms with van der Waals surface area (Å²) in [7, 11) is 0. The first-order valence-electron chi connectivity index (χ1n) is 8.86. The molecule has 0 aromatic carbocycles. The maximum absolute atomic E-state index is 12.7. The van der Waals surface area contributed by atoms with Crippen LogP contribution in [0.25, 0.3) is 0 Å². The van der Waals surface area contributed by atoms with Gasteiger partial charge in [-0.05, 0) is 44.6 Å². The minimum atomic E-state index is -1.17. The minimum absolute atomic E-state index is 0.270. The van der Waals surface area contributed by atoms with E-state index >= 15 is 0 Å². The van der Waals surface area contributed by atoms with E-state index in [2.05, 4.69) is 5.32 Å². The summed E-state index contributed by atoms with van der Waals surface area (Å²) in [6.07, 6.45) is 5.32. The van der Waals surface area contributed by atoms with Crippen molar-refractivity contribution in [2.75, 3.05) is 11.9 Å². The number of carboxylic acids is 1. The smallest absolute Gasteiger partial charge is 0.341 e. The predicted octanol–water partition coefficient (Wildman–Crippen LogP) is 1.91. The van der Waals surface area contributed by atoms with Crippen LogP contribution in [-0.4, -0.2) is 24.5 Å². The van der Waals surface area contributed by atoms with Gasteiger partial charge in [0, 0.05) is 22.7 Å². The highest BCUT2D eigenvalue weighted by Gasteiger charge is 2.34. The van der Waals surface area contributed by atoms with Gasteiger partial charge in [0.25, 0.3) is 0 Å². The van der Waals surface area contributed by atoms with Crippen molar-refractivity contribution in [2.45, 2.75) is 51.9 Å². The second-order valence-electron chi connectivity index (χ2n) is 6.59. The van der Waals surface area contributed by atoms with Crippen molar-refractivity contribution in [2.24, 2.45) is 11.8 Å². The van der Waals surface area contributed by atoms with Crippen LogP contribution in [0.3, 0.4) is 0 Å². The van der Waals surface area contributed by atoms with Gasteiger partial charge in [-0.3, -0.25) is 4.79 Å². The van der Waals surface area contributed by atoms with Gasteiger partial charge < -0.3 is 20.0 Å². The Bertz CT molecular complexity index is 696. The lowest BCUT2D eigenvalue weighted by molar-refractivity contribution is -0.313. The van der Waals surface area contributed by atoms with Crippen molar-refractivity contribution in [1.29, 1.82) is 0 Å². The van der Waals surface area contributed by atoms with E-state index in [-0.39, 0.29) is 12.5 Å². The fourth-order valence-corrected chi connectivity index (χ4v) is 5.12. The SMILES string of the molecule is CCOC(=O)c1c(NC(=O)C2CCCCC2C(=O)[O-])sc2c1CCC2. The zero-order chi connectivity index (χ0) is 18.0. The number of aryl methyl sites for hydroxylation is 1. The number of carbonyl (C=O) groups excluding carboxylic acids is 3. The number of rotatable bonds is 5. The van der Waals surface area contributed by atoms with E-state index in [4.69, 9.17) is 4.74 Å². The Kier molecular flexibility index (Phi) is 5.42. The van der Waals surface area contributed by atoms with Gasteiger partial charge in [0.05, 0.1) is 12.2 Å². The van der Waals surface area contributed by atoms with Gasteiger partial charge in [-0.15, -0.1) is 11.3 Å². The van der Waals surface area contributed by atoms with Gasteiger partial charge in [0.2, 0.25) is 5.91 Å². The zero-order valence-corrected chi connectivity index (χ0v) is 15.1. The average Bonchev–Trinajstić information content (AvgIpc) is 3.15. The maximum Gasteiger partial charge on any atom is 0.341 e. The number of ether oxygens (including phenoxy) is 1. The number of nitrogens with one attached hydrogen (secondary N) is 1. The fourth-order valence-electron chi connectivity index (χ4n) is 3.84. The van der Waals surface area contributed by atoms with Crippen LogP contribution in [0.1, 0.15) is 59.8 Å². The van der Waals surface area contributed by atoms with E-state index in [1.807, 2.05) is 0 Å². The molecular weight excluding hydrogens is 342 g/mol. The van der Waals surface area contributed by atoms with Crippen LogP contribution >= 0.6 is 11.3 Å². The summed E-state index contributed by atoms with van der Waals surface area (Å²) < 4.78 is 5.15. The quantitative estimate of drug-likeness (QED) is 0.805. The van der Waals surface area contributed by atoms with Crippen molar-refractivity contribution in [3.8, 4) is 0 Å². The van der Waals surface area contributed by atoms with Crippen LogP contribution in [0.15, 0.2) is 0 Å². The Labute approximate surface area is 150 Å². The standard InChI is InChI=1S/C18H23NO5S/c1-2-24-18(23)14-12-8-5-9-13(12)25-16(14)19-15(20)10-6-3-4-7-11(10)17(21)22/h10-11H,2-9H2,1H3,(H,19,20)(H,21,22)/p-1. The number of esters is 1. The third-order valence-electron chi connectivity index (χ3n) is 5.04. The Morgan fingerprint density at radius 2 is 1.88 bits per heavy atom. The Hall–Kier alpha value is -1.89. The lowest BCUT2D eigenvalue weighted by atomic mass is 9.79. The molecule has 0 spiro atoms. The first-order valence-corrected chi connectivity index (χ1v) is 9.68. The summed E-state index contributed by atoms with van der Waals surface area (Å²) in [5, 5.41) is 14.7. The Balaban J connectivity index is 1.83. The van der Waals surface area contributed by atoms with E-state index in [1.165, 1.54) is 11.3 Å². The molecule has 2 unspecified atom stereocenters. The van der Waals surface area contributed by atoms with Crippen molar-refractivity contribution in [3.05, 3.63) is 16.0 Å². The van der Waals surface area contributed by atoms with Gasteiger partial charge >= 0.3 is 5.97 Å². The van der Waals surface area contributed by atoms with Crippen molar-refractivity contribution in [1.82, 2.24) is 0 Å². The average molecular weight is 364 g/mol. The van der Waals surface area contributed by atoms with Crippen molar-refractivity contribution in [3.63, 3.8) is 0 Å². The van der Waals surface area contributed by atoms with Gasteiger partial charge in [-0.1, -0.05) is 12.8 Å². The molecule has 136 valence electrons. The number of thiophene rings is 1. The third kappa shape index (κ3) is 3.56. The van der Waals surface area contributed by atoms with E-state index in [9.17, 15) is 19.5 Å². The third-order valence-corrected chi connectivity index (χ3v) is 6.25. The number of carbonyl (C=O) groups is 3. The normalized spacial score (nSPS) is 22.3. The van der Waals surface area contributed by atoms with Crippen LogP contribution in [0, 0.1) is 11.8 Å². The largest absolute Gasteiger partial charge is 0.550 e. The number of aliphatic carboxylic acids is 1. The first-order chi connectivity index (χ1) is 12.0. The Morgan fingerprint density at radius 1 is 1.16 bits per heavy atom. The molecule has 7 heteroatoms. The number of carboxylic acid groups (broad SMARTS) is 1. The highest BCUT2D eigenvalue weighted by Crippen LogP contribution is 2.40. The summed E-state index contributed by atoms with van der Waals surface area (Å²) in [5.41, 5.74) is 1.42. The van der Waals surface area contributed by atoms with Crippen LogP contribution in [-0.2, 0) is 27.2 Å². The zero-order valence-electron chi connectivity index (χ0n) is 14.3. The molecule has 1 saturated carbocycles. The number of hydrogen-bond acceptors (Lipinski definition) is 6. The van der Waals surface area contributed by atoms with Gasteiger partial charge in [0.15, 0.2) is 0 Å². The molecule has 2 aliphatic rings. The van der Waals surface area contributed by atoms with Crippen molar-refractivity contribution >= 4 is 34.2 Å². The van der Waals surface area contributed by atoms with Gasteiger partial charge in [-0.25, -0.2) is 4.79 Å². The molecule has 6 nitrogen and oxygen atoms in total. The molecule has 0 radical (unpaired) electrons. The number of anilines is 1.